The van der Waals surface area contributed by atoms with E-state index in [-0.39, 0.29) is 11.8 Å². The Kier molecular flexibility index (Phi) is 5.56. The molecular formula is C16H25N3O. The zero-order chi connectivity index (χ0) is 14.4. The largest absolute Gasteiger partial charge is 0.359 e. The molecular weight excluding hydrogens is 250 g/mol. The molecule has 4 heteroatoms. The van der Waals surface area contributed by atoms with Crippen molar-refractivity contribution in [1.82, 2.24) is 15.1 Å². The fraction of sp³-hybridized carbons (Fsp3) is 0.562. The molecule has 1 heterocycles. The smallest absolute Gasteiger partial charge is 0.225 e. The topological polar surface area (TPSA) is 35.6 Å². The molecule has 0 saturated carbocycles. The number of likely N-dealkylation sites (N-methyl/N-ethyl adjacent to an activating group) is 1. The first-order valence-corrected chi connectivity index (χ1v) is 7.35. The highest BCUT2D eigenvalue weighted by Crippen LogP contribution is 2.10. The minimum absolute atomic E-state index is 0.0725. The first-order valence-electron chi connectivity index (χ1n) is 7.35. The van der Waals surface area contributed by atoms with E-state index < -0.39 is 0 Å². The van der Waals surface area contributed by atoms with E-state index in [4.69, 9.17) is 0 Å². The molecule has 1 N–H and O–H groups in total. The predicted molar refractivity (Wildman–Crippen MR) is 81.6 cm³/mol. The maximum absolute atomic E-state index is 11.9. The van der Waals surface area contributed by atoms with Crippen LogP contribution in [-0.2, 0) is 11.2 Å². The van der Waals surface area contributed by atoms with Gasteiger partial charge in [-0.05, 0) is 19.0 Å². The number of nitrogens with one attached hydrogen (secondary N) is 1. The van der Waals surface area contributed by atoms with Gasteiger partial charge in [0.1, 0.15) is 0 Å². The third-order valence-electron chi connectivity index (χ3n) is 3.99. The van der Waals surface area contributed by atoms with Crippen LogP contribution < -0.4 is 5.32 Å². The van der Waals surface area contributed by atoms with E-state index in [1.54, 1.807) is 7.05 Å². The Hall–Kier alpha value is -1.39. The summed E-state index contributed by atoms with van der Waals surface area (Å²) in [5.41, 5.74) is 1.36. The van der Waals surface area contributed by atoms with E-state index in [2.05, 4.69) is 46.4 Å². The van der Waals surface area contributed by atoms with Crippen LogP contribution in [0.1, 0.15) is 5.56 Å². The molecule has 1 atom stereocenters. The Labute approximate surface area is 121 Å². The first kappa shape index (κ1) is 15.0. The van der Waals surface area contributed by atoms with Crippen molar-refractivity contribution in [3.8, 4) is 0 Å². The van der Waals surface area contributed by atoms with Gasteiger partial charge >= 0.3 is 0 Å². The van der Waals surface area contributed by atoms with Crippen molar-refractivity contribution in [2.75, 3.05) is 46.8 Å². The fourth-order valence-corrected chi connectivity index (χ4v) is 2.75. The maximum atomic E-state index is 11.9. The van der Waals surface area contributed by atoms with Crippen LogP contribution >= 0.6 is 0 Å². The predicted octanol–water partition coefficient (Wildman–Crippen LogP) is 0.839. The molecule has 1 fully saturated rings. The van der Waals surface area contributed by atoms with Gasteiger partial charge in [-0.3, -0.25) is 4.79 Å². The summed E-state index contributed by atoms with van der Waals surface area (Å²) >= 11 is 0. The van der Waals surface area contributed by atoms with E-state index in [1.165, 1.54) is 5.56 Å². The van der Waals surface area contributed by atoms with Gasteiger partial charge in [0.25, 0.3) is 0 Å². The lowest BCUT2D eigenvalue weighted by Crippen LogP contribution is -2.39. The number of hydrogen-bond donors (Lipinski definition) is 1. The maximum Gasteiger partial charge on any atom is 0.225 e. The number of nitrogens with zero attached hydrogens (tertiary/aromatic N) is 2. The molecule has 1 aromatic carbocycles. The van der Waals surface area contributed by atoms with Crippen LogP contribution in [0.25, 0.3) is 0 Å². The molecule has 110 valence electrons. The summed E-state index contributed by atoms with van der Waals surface area (Å²) in [5.74, 6) is 0.228. The number of carbonyl (C=O) groups is 1. The second kappa shape index (κ2) is 7.41. The van der Waals surface area contributed by atoms with Gasteiger partial charge in [0.2, 0.25) is 5.91 Å². The van der Waals surface area contributed by atoms with Crippen LogP contribution in [0, 0.1) is 5.92 Å². The standard InChI is InChI=1S/C16H25N3O/c1-17-16(20)15-12-18(2)10-11-19(13-15)9-8-14-6-4-3-5-7-14/h3-7,15H,8-13H2,1-2H3,(H,17,20)/t15-/m1/s1. The third kappa shape index (κ3) is 4.32. The van der Waals surface area contributed by atoms with Crippen LogP contribution in [0.4, 0.5) is 0 Å². The normalized spacial score (nSPS) is 21.4. The van der Waals surface area contributed by atoms with Gasteiger partial charge in [-0.25, -0.2) is 0 Å². The van der Waals surface area contributed by atoms with E-state index in [0.717, 1.165) is 39.1 Å². The van der Waals surface area contributed by atoms with Gasteiger partial charge in [-0.15, -0.1) is 0 Å². The quantitative estimate of drug-likeness (QED) is 0.884. The average Bonchev–Trinajstić information content (AvgIpc) is 2.67. The molecule has 2 rings (SSSR count). The van der Waals surface area contributed by atoms with Gasteiger partial charge in [0.15, 0.2) is 0 Å². The van der Waals surface area contributed by atoms with Crippen molar-refractivity contribution < 1.29 is 4.79 Å². The van der Waals surface area contributed by atoms with Gasteiger partial charge < -0.3 is 15.1 Å². The molecule has 0 aromatic heterocycles. The second-order valence-corrected chi connectivity index (χ2v) is 5.61. The molecule has 1 saturated heterocycles. The molecule has 20 heavy (non-hydrogen) atoms. The SMILES string of the molecule is CNC(=O)[C@@H]1CN(C)CCN(CCc2ccccc2)C1. The average molecular weight is 275 g/mol. The van der Waals surface area contributed by atoms with Crippen molar-refractivity contribution in [2.45, 2.75) is 6.42 Å². The Morgan fingerprint density at radius 3 is 2.70 bits per heavy atom. The van der Waals surface area contributed by atoms with Crippen LogP contribution in [0.2, 0.25) is 0 Å². The number of rotatable bonds is 4. The lowest BCUT2D eigenvalue weighted by molar-refractivity contribution is -0.125. The van der Waals surface area contributed by atoms with Gasteiger partial charge in [0, 0.05) is 39.8 Å². The van der Waals surface area contributed by atoms with Gasteiger partial charge in [-0.1, -0.05) is 30.3 Å². The highest BCUT2D eigenvalue weighted by atomic mass is 16.1. The summed E-state index contributed by atoms with van der Waals surface area (Å²) in [5, 5.41) is 2.79. The lowest BCUT2D eigenvalue weighted by atomic mass is 10.1. The molecule has 0 spiro atoms. The minimum Gasteiger partial charge on any atom is -0.359 e. The molecule has 4 nitrogen and oxygen atoms in total. The van der Waals surface area contributed by atoms with Gasteiger partial charge in [0.05, 0.1) is 5.92 Å². The lowest BCUT2D eigenvalue weighted by Gasteiger charge is -2.22. The number of carbonyl (C=O) groups excluding carboxylic acids is 1. The second-order valence-electron chi connectivity index (χ2n) is 5.61. The molecule has 1 aromatic rings. The van der Waals surface area contributed by atoms with E-state index in [0.29, 0.717) is 0 Å². The Morgan fingerprint density at radius 1 is 1.25 bits per heavy atom. The Balaban J connectivity index is 1.91. The summed E-state index contributed by atoms with van der Waals surface area (Å²) in [7, 11) is 3.82. The van der Waals surface area contributed by atoms with Crippen molar-refractivity contribution in [3.05, 3.63) is 35.9 Å². The van der Waals surface area contributed by atoms with Crippen molar-refractivity contribution in [2.24, 2.45) is 5.92 Å². The summed E-state index contributed by atoms with van der Waals surface area (Å²) in [6.07, 6.45) is 1.05. The minimum atomic E-state index is 0.0725. The van der Waals surface area contributed by atoms with Crippen LogP contribution in [0.3, 0.4) is 0 Å². The molecule has 1 amide bonds. The third-order valence-corrected chi connectivity index (χ3v) is 3.99. The molecule has 1 aliphatic rings. The molecule has 0 bridgehead atoms. The van der Waals surface area contributed by atoms with Crippen molar-refractivity contribution in [3.63, 3.8) is 0 Å². The summed E-state index contributed by atoms with van der Waals surface area (Å²) in [6.45, 7) is 4.79. The number of benzene rings is 1. The Bertz CT molecular complexity index is 421. The van der Waals surface area contributed by atoms with Crippen molar-refractivity contribution in [1.29, 1.82) is 0 Å². The van der Waals surface area contributed by atoms with E-state index >= 15 is 0 Å². The van der Waals surface area contributed by atoms with Crippen molar-refractivity contribution >= 4 is 5.91 Å². The summed E-state index contributed by atoms with van der Waals surface area (Å²) < 4.78 is 0. The highest BCUT2D eigenvalue weighted by Gasteiger charge is 2.25. The summed E-state index contributed by atoms with van der Waals surface area (Å²) in [6, 6.07) is 10.5. The summed E-state index contributed by atoms with van der Waals surface area (Å²) in [4.78, 5) is 16.6. The zero-order valence-corrected chi connectivity index (χ0v) is 12.5. The first-order chi connectivity index (χ1) is 9.69. The van der Waals surface area contributed by atoms with Crippen LogP contribution in [0.15, 0.2) is 30.3 Å². The number of amides is 1. The monoisotopic (exact) mass is 275 g/mol. The molecule has 0 radical (unpaired) electrons. The van der Waals surface area contributed by atoms with E-state index in [1.807, 2.05) is 6.07 Å². The van der Waals surface area contributed by atoms with Crippen LogP contribution in [-0.4, -0.2) is 62.5 Å². The molecule has 1 aliphatic heterocycles. The Morgan fingerprint density at radius 2 is 2.00 bits per heavy atom. The highest BCUT2D eigenvalue weighted by molar-refractivity contribution is 5.78. The molecule has 0 aliphatic carbocycles. The van der Waals surface area contributed by atoms with E-state index in [9.17, 15) is 4.79 Å². The fourth-order valence-electron chi connectivity index (χ4n) is 2.75. The molecule has 0 unspecified atom stereocenters. The van der Waals surface area contributed by atoms with Gasteiger partial charge in [-0.2, -0.15) is 0 Å². The zero-order valence-electron chi connectivity index (χ0n) is 12.5. The number of hydrogen-bond acceptors (Lipinski definition) is 3. The van der Waals surface area contributed by atoms with Crippen LogP contribution in [0.5, 0.6) is 0 Å².